The van der Waals surface area contributed by atoms with Crippen molar-refractivity contribution in [3.63, 3.8) is 0 Å². The van der Waals surface area contributed by atoms with Crippen LogP contribution in [0.15, 0.2) is 53.9 Å². The highest BCUT2D eigenvalue weighted by Crippen LogP contribution is 2.33. The van der Waals surface area contributed by atoms with Crippen LogP contribution in [-0.4, -0.2) is 27.1 Å². The van der Waals surface area contributed by atoms with Crippen LogP contribution in [0.3, 0.4) is 0 Å². The first-order valence-corrected chi connectivity index (χ1v) is 8.93. The number of anilines is 1. The van der Waals surface area contributed by atoms with Gasteiger partial charge in [-0.2, -0.15) is 4.68 Å². The Hall–Kier alpha value is -3.19. The lowest BCUT2D eigenvalue weighted by Gasteiger charge is -2.09. The molecule has 6 nitrogen and oxygen atoms in total. The number of hydrogen-bond donors (Lipinski definition) is 1. The first-order chi connectivity index (χ1) is 12.7. The molecule has 7 heteroatoms. The highest BCUT2D eigenvalue weighted by Gasteiger charge is 2.19. The van der Waals surface area contributed by atoms with Gasteiger partial charge in [-0.05, 0) is 24.6 Å². The minimum Gasteiger partial charge on any atom is -0.494 e. The molecule has 0 saturated heterocycles. The summed E-state index contributed by atoms with van der Waals surface area (Å²) in [7, 11) is 1.62. The average molecular weight is 363 g/mol. The van der Waals surface area contributed by atoms with E-state index in [9.17, 15) is 0 Å². The van der Waals surface area contributed by atoms with Gasteiger partial charge in [-0.25, -0.2) is 4.98 Å². The zero-order chi connectivity index (χ0) is 18.1. The third-order valence-electron chi connectivity index (χ3n) is 4.04. The maximum absolute atomic E-state index is 6.34. The molecule has 2 aromatic carbocycles. The SMILES string of the molecule is COc1ccc(C)cc1-n1nnc(-c2nc(-c3ccccc3)cs2)c1N. The van der Waals surface area contributed by atoms with Crippen LogP contribution in [0.4, 0.5) is 5.82 Å². The molecule has 0 bridgehead atoms. The molecule has 0 aliphatic carbocycles. The number of benzene rings is 2. The minimum atomic E-state index is 0.433. The second kappa shape index (κ2) is 6.61. The number of ether oxygens (including phenoxy) is 1. The summed E-state index contributed by atoms with van der Waals surface area (Å²) in [5, 5.41) is 11.2. The Labute approximate surface area is 154 Å². The van der Waals surface area contributed by atoms with Crippen LogP contribution in [0, 0.1) is 6.92 Å². The molecule has 2 aromatic heterocycles. The van der Waals surface area contributed by atoms with Crippen molar-refractivity contribution in [2.45, 2.75) is 6.92 Å². The summed E-state index contributed by atoms with van der Waals surface area (Å²) in [6, 6.07) is 15.8. The molecule has 0 amide bonds. The fraction of sp³-hybridized carbons (Fsp3) is 0.105. The fourth-order valence-electron chi connectivity index (χ4n) is 2.71. The fourth-order valence-corrected chi connectivity index (χ4v) is 3.53. The van der Waals surface area contributed by atoms with E-state index in [1.807, 2.05) is 60.8 Å². The molecule has 130 valence electrons. The molecule has 0 aliphatic heterocycles. The Morgan fingerprint density at radius 2 is 1.92 bits per heavy atom. The molecule has 0 spiro atoms. The summed E-state index contributed by atoms with van der Waals surface area (Å²) in [6.45, 7) is 2.00. The molecular formula is C19H17N5OS. The van der Waals surface area contributed by atoms with E-state index in [4.69, 9.17) is 10.5 Å². The second-order valence-electron chi connectivity index (χ2n) is 5.81. The number of thiazole rings is 1. The molecule has 2 heterocycles. The van der Waals surface area contributed by atoms with Crippen molar-refractivity contribution in [3.8, 4) is 33.4 Å². The number of hydrogen-bond acceptors (Lipinski definition) is 6. The maximum atomic E-state index is 6.34. The van der Waals surface area contributed by atoms with Crippen LogP contribution in [0.1, 0.15) is 5.56 Å². The maximum Gasteiger partial charge on any atom is 0.165 e. The number of nitrogen functional groups attached to an aromatic ring is 1. The number of aryl methyl sites for hydroxylation is 1. The Kier molecular flexibility index (Phi) is 4.14. The summed E-state index contributed by atoms with van der Waals surface area (Å²) in [6.07, 6.45) is 0. The number of nitrogens with two attached hydrogens (primary N) is 1. The number of nitrogens with zero attached hydrogens (tertiary/aromatic N) is 4. The van der Waals surface area contributed by atoms with Crippen molar-refractivity contribution < 1.29 is 4.74 Å². The van der Waals surface area contributed by atoms with Crippen LogP contribution < -0.4 is 10.5 Å². The van der Waals surface area contributed by atoms with Crippen LogP contribution in [-0.2, 0) is 0 Å². The quantitative estimate of drug-likeness (QED) is 0.594. The molecule has 0 saturated carbocycles. The van der Waals surface area contributed by atoms with Gasteiger partial charge in [0.05, 0.1) is 12.8 Å². The summed E-state index contributed by atoms with van der Waals surface area (Å²) >= 11 is 1.50. The normalized spacial score (nSPS) is 10.8. The molecular weight excluding hydrogens is 346 g/mol. The second-order valence-corrected chi connectivity index (χ2v) is 6.67. The summed E-state index contributed by atoms with van der Waals surface area (Å²) < 4.78 is 7.02. The Balaban J connectivity index is 1.75. The first-order valence-electron chi connectivity index (χ1n) is 8.05. The van der Waals surface area contributed by atoms with Gasteiger partial charge in [0.2, 0.25) is 0 Å². The van der Waals surface area contributed by atoms with Crippen molar-refractivity contribution in [1.29, 1.82) is 0 Å². The highest BCUT2D eigenvalue weighted by atomic mass is 32.1. The first kappa shape index (κ1) is 16.3. The zero-order valence-corrected chi connectivity index (χ0v) is 15.2. The van der Waals surface area contributed by atoms with Gasteiger partial charge in [0.1, 0.15) is 16.4 Å². The van der Waals surface area contributed by atoms with Crippen LogP contribution in [0.2, 0.25) is 0 Å². The molecule has 0 unspecified atom stereocenters. The van der Waals surface area contributed by atoms with Gasteiger partial charge in [0.25, 0.3) is 0 Å². The third kappa shape index (κ3) is 2.82. The largest absolute Gasteiger partial charge is 0.494 e. The van der Waals surface area contributed by atoms with Crippen molar-refractivity contribution in [2.24, 2.45) is 0 Å². The summed E-state index contributed by atoms with van der Waals surface area (Å²) in [5.74, 6) is 1.12. The van der Waals surface area contributed by atoms with Gasteiger partial charge < -0.3 is 10.5 Å². The Morgan fingerprint density at radius 1 is 1.12 bits per heavy atom. The highest BCUT2D eigenvalue weighted by molar-refractivity contribution is 7.13. The standard InChI is InChI=1S/C19H17N5OS/c1-12-8-9-16(25-2)15(10-12)24-18(20)17(22-23-24)19-21-14(11-26-19)13-6-4-3-5-7-13/h3-11H,20H2,1-2H3. The van der Waals surface area contributed by atoms with Crippen molar-refractivity contribution in [3.05, 3.63) is 59.5 Å². The molecule has 4 aromatic rings. The Morgan fingerprint density at radius 3 is 2.69 bits per heavy atom. The molecule has 0 atom stereocenters. The summed E-state index contributed by atoms with van der Waals surface area (Å²) in [5.41, 5.74) is 10.7. The Bertz CT molecular complexity index is 1050. The van der Waals surface area contributed by atoms with Gasteiger partial charge in [0, 0.05) is 10.9 Å². The van der Waals surface area contributed by atoms with Gasteiger partial charge in [-0.1, -0.05) is 41.6 Å². The lowest BCUT2D eigenvalue weighted by Crippen LogP contribution is -2.04. The van der Waals surface area contributed by atoms with E-state index in [0.717, 1.165) is 27.5 Å². The number of methoxy groups -OCH3 is 1. The monoisotopic (exact) mass is 363 g/mol. The van der Waals surface area contributed by atoms with Gasteiger partial charge in [-0.3, -0.25) is 0 Å². The average Bonchev–Trinajstić information content (AvgIpc) is 3.29. The lowest BCUT2D eigenvalue weighted by atomic mass is 10.2. The molecule has 2 N–H and O–H groups in total. The lowest BCUT2D eigenvalue weighted by molar-refractivity contribution is 0.411. The summed E-state index contributed by atoms with van der Waals surface area (Å²) in [4.78, 5) is 4.67. The predicted octanol–water partition coefficient (Wildman–Crippen LogP) is 3.96. The van der Waals surface area contributed by atoms with E-state index in [2.05, 4.69) is 15.3 Å². The molecule has 4 rings (SSSR count). The third-order valence-corrected chi connectivity index (χ3v) is 4.89. The zero-order valence-electron chi connectivity index (χ0n) is 14.4. The van der Waals surface area contributed by atoms with E-state index in [-0.39, 0.29) is 0 Å². The van der Waals surface area contributed by atoms with Crippen molar-refractivity contribution in [2.75, 3.05) is 12.8 Å². The minimum absolute atomic E-state index is 0.433. The van der Waals surface area contributed by atoms with Crippen molar-refractivity contribution in [1.82, 2.24) is 20.0 Å². The molecule has 0 aliphatic rings. The molecule has 26 heavy (non-hydrogen) atoms. The van der Waals surface area contributed by atoms with Gasteiger partial charge in [0.15, 0.2) is 11.5 Å². The molecule has 0 fully saturated rings. The van der Waals surface area contributed by atoms with Gasteiger partial charge >= 0.3 is 0 Å². The molecule has 0 radical (unpaired) electrons. The van der Waals surface area contributed by atoms with E-state index in [0.29, 0.717) is 17.3 Å². The van der Waals surface area contributed by atoms with E-state index < -0.39 is 0 Å². The van der Waals surface area contributed by atoms with Crippen LogP contribution >= 0.6 is 11.3 Å². The number of aromatic nitrogens is 4. The predicted molar refractivity (Wildman–Crippen MR) is 104 cm³/mol. The number of rotatable bonds is 4. The van der Waals surface area contributed by atoms with Gasteiger partial charge in [-0.15, -0.1) is 16.4 Å². The van der Waals surface area contributed by atoms with E-state index in [1.54, 1.807) is 11.8 Å². The topological polar surface area (TPSA) is 78.8 Å². The van der Waals surface area contributed by atoms with Crippen LogP contribution in [0.25, 0.3) is 27.6 Å². The van der Waals surface area contributed by atoms with Crippen LogP contribution in [0.5, 0.6) is 5.75 Å². The van der Waals surface area contributed by atoms with Crippen molar-refractivity contribution >= 4 is 17.2 Å². The smallest absolute Gasteiger partial charge is 0.165 e. The van der Waals surface area contributed by atoms with E-state index in [1.165, 1.54) is 11.3 Å². The van der Waals surface area contributed by atoms with E-state index >= 15 is 0 Å².